The third kappa shape index (κ3) is 3.01. The molecule has 2 aliphatic heterocycles. The summed E-state index contributed by atoms with van der Waals surface area (Å²) >= 11 is 0. The first-order valence-corrected chi connectivity index (χ1v) is 9.83. The molecule has 8 heteroatoms. The smallest absolute Gasteiger partial charge is 0.317 e. The summed E-state index contributed by atoms with van der Waals surface area (Å²) in [6, 6.07) is 3.98. The minimum absolute atomic E-state index is 0.00937. The summed E-state index contributed by atoms with van der Waals surface area (Å²) in [4.78, 5) is 18.4. The number of nitrogens with one attached hydrogen (secondary N) is 1. The number of nitrogens with zero attached hydrogens (tertiary/aromatic N) is 4. The second-order valence-electron chi connectivity index (χ2n) is 8.39. The van der Waals surface area contributed by atoms with Gasteiger partial charge in [-0.15, -0.1) is 0 Å². The minimum atomic E-state index is -1.07. The maximum Gasteiger partial charge on any atom is 0.317 e. The van der Waals surface area contributed by atoms with Gasteiger partial charge < -0.3 is 21.1 Å². The Labute approximate surface area is 164 Å². The first-order valence-electron chi connectivity index (χ1n) is 9.83. The van der Waals surface area contributed by atoms with Crippen molar-refractivity contribution < 1.29 is 9.90 Å². The molecular weight excluding hydrogens is 356 g/mol. The molecule has 0 unspecified atom stereocenters. The van der Waals surface area contributed by atoms with Gasteiger partial charge in [0.05, 0.1) is 11.3 Å². The maximum atomic E-state index is 12.2. The first-order chi connectivity index (χ1) is 13.2. The molecule has 2 aromatic rings. The van der Waals surface area contributed by atoms with Crippen molar-refractivity contribution in [3.05, 3.63) is 29.6 Å². The Morgan fingerprint density at radius 3 is 2.82 bits per heavy atom. The van der Waals surface area contributed by atoms with Gasteiger partial charge in [-0.2, -0.15) is 5.10 Å². The number of anilines is 1. The molecule has 28 heavy (non-hydrogen) atoms. The zero-order valence-electron chi connectivity index (χ0n) is 16.7. The number of likely N-dealkylation sites (tertiary alicyclic amines) is 1. The predicted molar refractivity (Wildman–Crippen MR) is 107 cm³/mol. The third-order valence-corrected chi connectivity index (χ3v) is 5.97. The van der Waals surface area contributed by atoms with Gasteiger partial charge >= 0.3 is 6.03 Å². The molecule has 0 aliphatic carbocycles. The fourth-order valence-electron chi connectivity index (χ4n) is 4.43. The second-order valence-corrected chi connectivity index (χ2v) is 8.39. The Balaban J connectivity index is 1.64. The topological polar surface area (TPSA) is 109 Å². The lowest BCUT2D eigenvalue weighted by molar-refractivity contribution is 0.0791. The van der Waals surface area contributed by atoms with E-state index in [-0.39, 0.29) is 11.4 Å². The number of hydrogen-bond acceptors (Lipinski definition) is 5. The van der Waals surface area contributed by atoms with E-state index in [4.69, 9.17) is 10.8 Å². The van der Waals surface area contributed by atoms with E-state index in [0.717, 1.165) is 43.7 Å². The minimum Gasteiger partial charge on any atom is -0.386 e. The molecule has 0 bridgehead atoms. The van der Waals surface area contributed by atoms with Crippen LogP contribution in [0.5, 0.6) is 0 Å². The molecule has 4 rings (SSSR count). The van der Waals surface area contributed by atoms with Gasteiger partial charge in [-0.1, -0.05) is 0 Å². The van der Waals surface area contributed by atoms with Crippen LogP contribution in [0.2, 0.25) is 0 Å². The molecule has 2 aliphatic rings. The standard InChI is InChI=1S/C20H28N6O2/c1-4-22-18(27)25-7-5-20(12-25)6-8-26-16(20)10-15(24-26)13-9-14(19(2,3)28)17(21)23-11-13/h9-11,28H,4-8,12H2,1-3H3,(H2,21,23)(H,22,27)/t20-/m1/s1. The van der Waals surface area contributed by atoms with E-state index < -0.39 is 5.60 Å². The number of aliphatic hydroxyl groups is 1. The van der Waals surface area contributed by atoms with Gasteiger partial charge in [0.25, 0.3) is 0 Å². The van der Waals surface area contributed by atoms with Gasteiger partial charge in [0.15, 0.2) is 0 Å². The number of aromatic nitrogens is 3. The highest BCUT2D eigenvalue weighted by Gasteiger charge is 2.46. The number of fused-ring (bicyclic) bond motifs is 2. The van der Waals surface area contributed by atoms with Crippen molar-refractivity contribution in [2.45, 2.75) is 51.2 Å². The summed E-state index contributed by atoms with van der Waals surface area (Å²) in [6.07, 6.45) is 3.65. The van der Waals surface area contributed by atoms with Crippen LogP contribution >= 0.6 is 0 Å². The SMILES string of the molecule is CCNC(=O)N1CC[C@@]2(CCn3nc(-c4cnc(N)c(C(C)(C)O)c4)cc32)C1. The number of nitrogens with two attached hydrogens (primary N) is 1. The number of urea groups is 1. The van der Waals surface area contributed by atoms with Crippen LogP contribution in [0.3, 0.4) is 0 Å². The fourth-order valence-corrected chi connectivity index (χ4v) is 4.43. The van der Waals surface area contributed by atoms with Gasteiger partial charge in [0.2, 0.25) is 0 Å². The Morgan fingerprint density at radius 2 is 2.11 bits per heavy atom. The van der Waals surface area contributed by atoms with Crippen LogP contribution in [0.25, 0.3) is 11.3 Å². The van der Waals surface area contributed by atoms with Crippen molar-refractivity contribution in [1.29, 1.82) is 0 Å². The molecule has 1 atom stereocenters. The van der Waals surface area contributed by atoms with E-state index in [1.807, 2.05) is 17.9 Å². The number of hydrogen-bond donors (Lipinski definition) is 3. The molecule has 1 fully saturated rings. The van der Waals surface area contributed by atoms with Gasteiger partial charge in [0.1, 0.15) is 5.82 Å². The van der Waals surface area contributed by atoms with Gasteiger partial charge in [0, 0.05) is 54.6 Å². The normalized spacial score (nSPS) is 21.4. The largest absolute Gasteiger partial charge is 0.386 e. The fraction of sp³-hybridized carbons (Fsp3) is 0.550. The molecular formula is C20H28N6O2. The van der Waals surface area contributed by atoms with E-state index in [9.17, 15) is 9.90 Å². The molecule has 1 saturated heterocycles. The molecule has 2 amide bonds. The number of amides is 2. The maximum absolute atomic E-state index is 12.2. The Morgan fingerprint density at radius 1 is 1.36 bits per heavy atom. The van der Waals surface area contributed by atoms with Crippen LogP contribution in [0.1, 0.15) is 44.9 Å². The van der Waals surface area contributed by atoms with Crippen molar-refractivity contribution in [3.63, 3.8) is 0 Å². The van der Waals surface area contributed by atoms with E-state index in [1.165, 1.54) is 5.69 Å². The van der Waals surface area contributed by atoms with Gasteiger partial charge in [-0.05, 0) is 45.7 Å². The van der Waals surface area contributed by atoms with Gasteiger partial charge in [-0.3, -0.25) is 4.68 Å². The number of carbonyl (C=O) groups excluding carboxylic acids is 1. The van der Waals surface area contributed by atoms with Crippen molar-refractivity contribution in [2.24, 2.45) is 0 Å². The Kier molecular flexibility index (Phi) is 4.33. The number of aryl methyl sites for hydroxylation is 1. The highest BCUT2D eigenvalue weighted by Crippen LogP contribution is 2.44. The van der Waals surface area contributed by atoms with Crippen molar-refractivity contribution >= 4 is 11.8 Å². The average Bonchev–Trinajstić information content (AvgIpc) is 3.32. The van der Waals surface area contributed by atoms with E-state index in [0.29, 0.717) is 17.9 Å². The number of carbonyl (C=O) groups is 1. The van der Waals surface area contributed by atoms with Crippen molar-refractivity contribution in [2.75, 3.05) is 25.4 Å². The van der Waals surface area contributed by atoms with Crippen molar-refractivity contribution in [1.82, 2.24) is 25.0 Å². The summed E-state index contributed by atoms with van der Waals surface area (Å²) in [6.45, 7) is 8.29. The Bertz CT molecular complexity index is 916. The quantitative estimate of drug-likeness (QED) is 0.748. The summed E-state index contributed by atoms with van der Waals surface area (Å²) < 4.78 is 2.05. The van der Waals surface area contributed by atoms with Gasteiger partial charge in [-0.25, -0.2) is 9.78 Å². The van der Waals surface area contributed by atoms with Crippen LogP contribution in [-0.4, -0.2) is 50.4 Å². The molecule has 2 aromatic heterocycles. The van der Waals surface area contributed by atoms with E-state index >= 15 is 0 Å². The van der Waals surface area contributed by atoms with Crippen LogP contribution < -0.4 is 11.1 Å². The number of rotatable bonds is 3. The third-order valence-electron chi connectivity index (χ3n) is 5.97. The first kappa shape index (κ1) is 18.7. The number of pyridine rings is 1. The summed E-state index contributed by atoms with van der Waals surface area (Å²) in [5.41, 5.74) is 8.27. The molecule has 4 heterocycles. The van der Waals surface area contributed by atoms with Crippen LogP contribution in [-0.2, 0) is 17.6 Å². The lowest BCUT2D eigenvalue weighted by Crippen LogP contribution is -2.40. The molecule has 1 spiro atoms. The number of nitrogen functional groups attached to an aromatic ring is 1. The summed E-state index contributed by atoms with van der Waals surface area (Å²) in [5.74, 6) is 0.327. The van der Waals surface area contributed by atoms with Crippen LogP contribution in [0.15, 0.2) is 18.3 Å². The summed E-state index contributed by atoms with van der Waals surface area (Å²) in [7, 11) is 0. The zero-order chi connectivity index (χ0) is 20.1. The molecule has 0 aromatic carbocycles. The molecule has 8 nitrogen and oxygen atoms in total. The second kappa shape index (κ2) is 6.48. The summed E-state index contributed by atoms with van der Waals surface area (Å²) in [5, 5.41) is 18.0. The van der Waals surface area contributed by atoms with E-state index in [2.05, 4.69) is 21.0 Å². The highest BCUT2D eigenvalue weighted by molar-refractivity contribution is 5.75. The average molecular weight is 384 g/mol. The van der Waals surface area contributed by atoms with Crippen LogP contribution in [0.4, 0.5) is 10.6 Å². The lowest BCUT2D eigenvalue weighted by Gasteiger charge is -2.23. The zero-order valence-corrected chi connectivity index (χ0v) is 16.7. The highest BCUT2D eigenvalue weighted by atomic mass is 16.3. The Hall–Kier alpha value is -2.61. The molecule has 0 saturated carbocycles. The van der Waals surface area contributed by atoms with Crippen molar-refractivity contribution in [3.8, 4) is 11.3 Å². The lowest BCUT2D eigenvalue weighted by atomic mass is 9.82. The molecule has 0 radical (unpaired) electrons. The monoisotopic (exact) mass is 384 g/mol. The molecule has 4 N–H and O–H groups in total. The predicted octanol–water partition coefficient (Wildman–Crippen LogP) is 1.83. The van der Waals surface area contributed by atoms with E-state index in [1.54, 1.807) is 20.0 Å². The van der Waals surface area contributed by atoms with Crippen LogP contribution in [0, 0.1) is 0 Å². The molecule has 150 valence electrons.